The highest BCUT2D eigenvalue weighted by molar-refractivity contribution is 5.97. The highest BCUT2D eigenvalue weighted by atomic mass is 19.4. The maximum atomic E-state index is 12.5. The van der Waals surface area contributed by atoms with E-state index in [1.165, 1.54) is 0 Å². The molecule has 3 heterocycles. The van der Waals surface area contributed by atoms with E-state index < -0.39 is 12.1 Å². The molecule has 0 atom stereocenters. The van der Waals surface area contributed by atoms with Crippen LogP contribution in [0.5, 0.6) is 5.75 Å². The van der Waals surface area contributed by atoms with Gasteiger partial charge in [-0.15, -0.1) is 0 Å². The van der Waals surface area contributed by atoms with Crippen LogP contribution in [0.1, 0.15) is 27.2 Å². The topological polar surface area (TPSA) is 84.1 Å². The highest BCUT2D eigenvalue weighted by Crippen LogP contribution is 2.33. The van der Waals surface area contributed by atoms with Crippen LogP contribution in [0.3, 0.4) is 0 Å². The molecule has 1 aromatic carbocycles. The van der Waals surface area contributed by atoms with Gasteiger partial charge in [-0.3, -0.25) is 9.78 Å². The molecule has 2 aromatic heterocycles. The van der Waals surface area contributed by atoms with Crippen molar-refractivity contribution in [2.24, 2.45) is 0 Å². The number of benzene rings is 1. The van der Waals surface area contributed by atoms with Gasteiger partial charge in [0.1, 0.15) is 5.75 Å². The number of aromatic nitrogens is 2. The quantitative estimate of drug-likeness (QED) is 0.485. The first-order chi connectivity index (χ1) is 14.6. The zero-order chi connectivity index (χ0) is 22.3. The molecule has 3 aromatic rings. The maximum absolute atomic E-state index is 12.5. The van der Waals surface area contributed by atoms with E-state index >= 15 is 0 Å². The van der Waals surface area contributed by atoms with Crippen molar-refractivity contribution < 1.29 is 27.5 Å². The summed E-state index contributed by atoms with van der Waals surface area (Å²) in [5.41, 5.74) is 5.09. The number of nitrogens with zero attached hydrogens (tertiary/aromatic N) is 1. The second-order valence-corrected chi connectivity index (χ2v) is 7.34. The van der Waals surface area contributed by atoms with Gasteiger partial charge in [-0.1, -0.05) is 0 Å². The van der Waals surface area contributed by atoms with Crippen LogP contribution in [0.2, 0.25) is 0 Å². The SMILES string of the molecule is Cc1cc(-c2cc(-c3cc4c([nH]3)CCNC4=O)ccn2)cc(C)c1OC(=O)C(F)(F)F. The van der Waals surface area contributed by atoms with Gasteiger partial charge in [0.2, 0.25) is 0 Å². The average Bonchev–Trinajstić information content (AvgIpc) is 3.15. The molecule has 1 aliphatic heterocycles. The molecular weight excluding hydrogens is 411 g/mol. The zero-order valence-corrected chi connectivity index (χ0v) is 16.7. The summed E-state index contributed by atoms with van der Waals surface area (Å²) >= 11 is 0. The summed E-state index contributed by atoms with van der Waals surface area (Å²) in [6, 6.07) is 8.65. The number of fused-ring (bicyclic) bond motifs is 1. The normalized spacial score (nSPS) is 13.5. The summed E-state index contributed by atoms with van der Waals surface area (Å²) in [6.45, 7) is 3.71. The number of esters is 1. The van der Waals surface area contributed by atoms with Crippen LogP contribution < -0.4 is 10.1 Å². The molecule has 0 saturated carbocycles. The van der Waals surface area contributed by atoms with Crippen LogP contribution in [0, 0.1) is 13.8 Å². The van der Waals surface area contributed by atoms with Crippen molar-refractivity contribution in [2.45, 2.75) is 26.4 Å². The van der Waals surface area contributed by atoms with E-state index in [0.717, 1.165) is 23.4 Å². The molecule has 2 N–H and O–H groups in total. The van der Waals surface area contributed by atoms with Crippen LogP contribution in [-0.4, -0.2) is 34.6 Å². The summed E-state index contributed by atoms with van der Waals surface area (Å²) in [7, 11) is 0. The Bertz CT molecular complexity index is 1180. The number of hydrogen-bond acceptors (Lipinski definition) is 4. The number of H-pyrrole nitrogens is 1. The number of aryl methyl sites for hydroxylation is 2. The first kappa shape index (κ1) is 20.6. The first-order valence-corrected chi connectivity index (χ1v) is 9.50. The number of aromatic amines is 1. The molecule has 160 valence electrons. The van der Waals surface area contributed by atoms with E-state index in [1.807, 2.05) is 6.07 Å². The Balaban J connectivity index is 1.67. The van der Waals surface area contributed by atoms with Crippen molar-refractivity contribution in [2.75, 3.05) is 6.54 Å². The Morgan fingerprint density at radius 2 is 1.81 bits per heavy atom. The van der Waals surface area contributed by atoms with Crippen LogP contribution in [0.15, 0.2) is 36.5 Å². The van der Waals surface area contributed by atoms with Crippen LogP contribution in [0.4, 0.5) is 13.2 Å². The van der Waals surface area contributed by atoms with E-state index in [2.05, 4.69) is 20.0 Å². The molecule has 6 nitrogen and oxygen atoms in total. The second-order valence-electron chi connectivity index (χ2n) is 7.34. The number of pyridine rings is 1. The minimum Gasteiger partial charge on any atom is -0.419 e. The lowest BCUT2D eigenvalue weighted by atomic mass is 10.0. The van der Waals surface area contributed by atoms with Gasteiger partial charge >= 0.3 is 12.1 Å². The summed E-state index contributed by atoms with van der Waals surface area (Å²) in [5.74, 6) is -2.50. The number of hydrogen-bond donors (Lipinski definition) is 2. The third-order valence-corrected chi connectivity index (χ3v) is 5.06. The number of rotatable bonds is 3. The smallest absolute Gasteiger partial charge is 0.419 e. The van der Waals surface area contributed by atoms with Gasteiger partial charge in [-0.25, -0.2) is 4.79 Å². The molecule has 1 aliphatic rings. The molecule has 9 heteroatoms. The molecule has 0 saturated heterocycles. The molecule has 0 bridgehead atoms. The predicted octanol–water partition coefficient (Wildman–Crippen LogP) is 4.11. The predicted molar refractivity (Wildman–Crippen MR) is 107 cm³/mol. The van der Waals surface area contributed by atoms with E-state index in [0.29, 0.717) is 34.5 Å². The number of nitrogens with one attached hydrogen (secondary N) is 2. The van der Waals surface area contributed by atoms with Crippen molar-refractivity contribution >= 4 is 11.9 Å². The second kappa shape index (κ2) is 7.57. The Kier molecular flexibility index (Phi) is 5.04. The molecule has 0 unspecified atom stereocenters. The van der Waals surface area contributed by atoms with Crippen molar-refractivity contribution in [1.82, 2.24) is 15.3 Å². The van der Waals surface area contributed by atoms with Gasteiger partial charge in [0, 0.05) is 41.7 Å². The summed E-state index contributed by atoms with van der Waals surface area (Å²) in [4.78, 5) is 30.9. The van der Waals surface area contributed by atoms with Crippen molar-refractivity contribution in [3.8, 4) is 28.3 Å². The molecule has 0 aliphatic carbocycles. The molecular formula is C22H18F3N3O3. The van der Waals surface area contributed by atoms with Gasteiger partial charge in [-0.05, 0) is 55.3 Å². The van der Waals surface area contributed by atoms with E-state index in [9.17, 15) is 22.8 Å². The lowest BCUT2D eigenvalue weighted by Gasteiger charge is -2.14. The number of halogens is 3. The Hall–Kier alpha value is -3.62. The van der Waals surface area contributed by atoms with Gasteiger partial charge < -0.3 is 15.0 Å². The minimum absolute atomic E-state index is 0.117. The summed E-state index contributed by atoms with van der Waals surface area (Å²) in [5, 5.41) is 2.80. The molecule has 4 rings (SSSR count). The molecule has 0 fully saturated rings. The maximum Gasteiger partial charge on any atom is 0.491 e. The largest absolute Gasteiger partial charge is 0.491 e. The lowest BCUT2D eigenvalue weighted by molar-refractivity contribution is -0.189. The third-order valence-electron chi connectivity index (χ3n) is 5.06. The van der Waals surface area contributed by atoms with Crippen LogP contribution >= 0.6 is 0 Å². The molecule has 31 heavy (non-hydrogen) atoms. The Morgan fingerprint density at radius 3 is 2.45 bits per heavy atom. The fraction of sp³-hybridized carbons (Fsp3) is 0.227. The number of carbonyl (C=O) groups is 2. The average molecular weight is 429 g/mol. The lowest BCUT2D eigenvalue weighted by Crippen LogP contribution is -2.31. The zero-order valence-electron chi connectivity index (χ0n) is 16.7. The van der Waals surface area contributed by atoms with E-state index in [1.54, 1.807) is 44.3 Å². The Labute approximate surface area is 175 Å². The fourth-order valence-corrected chi connectivity index (χ4v) is 3.61. The first-order valence-electron chi connectivity index (χ1n) is 9.50. The molecule has 0 radical (unpaired) electrons. The van der Waals surface area contributed by atoms with Gasteiger partial charge in [0.05, 0.1) is 11.3 Å². The summed E-state index contributed by atoms with van der Waals surface area (Å²) in [6.07, 6.45) is -2.73. The van der Waals surface area contributed by atoms with Gasteiger partial charge in [0.25, 0.3) is 5.91 Å². The molecule has 1 amide bonds. The van der Waals surface area contributed by atoms with Gasteiger partial charge in [-0.2, -0.15) is 13.2 Å². The third kappa shape index (κ3) is 4.03. The number of ether oxygens (including phenoxy) is 1. The Morgan fingerprint density at radius 1 is 1.10 bits per heavy atom. The van der Waals surface area contributed by atoms with Crippen LogP contribution in [0.25, 0.3) is 22.5 Å². The number of alkyl halides is 3. The summed E-state index contributed by atoms with van der Waals surface area (Å²) < 4.78 is 42.2. The standard InChI is InChI=1S/C22H18F3N3O3/c1-11-7-14(8-12(2)19(11)31-21(30)22(23,24)25)17-9-13(3-5-26-17)18-10-15-16(28-18)4-6-27-20(15)29/h3,5,7-10,28H,4,6H2,1-2H3,(H,27,29). The van der Waals surface area contributed by atoms with Crippen LogP contribution in [-0.2, 0) is 11.2 Å². The number of carbonyl (C=O) groups excluding carboxylic acids is 2. The molecule has 0 spiro atoms. The van der Waals surface area contributed by atoms with E-state index in [4.69, 9.17) is 0 Å². The minimum atomic E-state index is -5.07. The monoisotopic (exact) mass is 429 g/mol. The van der Waals surface area contributed by atoms with Gasteiger partial charge in [0.15, 0.2) is 0 Å². The van der Waals surface area contributed by atoms with Crippen molar-refractivity contribution in [3.63, 3.8) is 0 Å². The van der Waals surface area contributed by atoms with E-state index in [-0.39, 0.29) is 11.7 Å². The fourth-order valence-electron chi connectivity index (χ4n) is 3.61. The highest BCUT2D eigenvalue weighted by Gasteiger charge is 2.41. The number of amides is 1. The van der Waals surface area contributed by atoms with Crippen molar-refractivity contribution in [1.29, 1.82) is 0 Å². The van der Waals surface area contributed by atoms with Crippen molar-refractivity contribution in [3.05, 3.63) is 58.9 Å².